The molecule has 0 amide bonds. The van der Waals surface area contributed by atoms with Gasteiger partial charge in [-0.05, 0) is 50.8 Å². The Kier molecular flexibility index (Phi) is 6.56. The van der Waals surface area contributed by atoms with E-state index in [1.807, 2.05) is 0 Å². The SMILES string of the molecule is CCNC(=NCCCN1CCN(c2cccc(C)c2)CC1)NC1CC1. The summed E-state index contributed by atoms with van der Waals surface area (Å²) in [5, 5.41) is 6.82. The Bertz CT molecular complexity index is 559. The van der Waals surface area contributed by atoms with Crippen LogP contribution in [0, 0.1) is 6.92 Å². The van der Waals surface area contributed by atoms with E-state index in [-0.39, 0.29) is 0 Å². The van der Waals surface area contributed by atoms with Crippen LogP contribution in [0.15, 0.2) is 29.3 Å². The van der Waals surface area contributed by atoms with E-state index in [0.717, 1.165) is 58.2 Å². The van der Waals surface area contributed by atoms with E-state index >= 15 is 0 Å². The molecule has 1 aliphatic heterocycles. The molecule has 2 aliphatic rings. The van der Waals surface area contributed by atoms with Gasteiger partial charge in [0.2, 0.25) is 0 Å². The Morgan fingerprint density at radius 2 is 2.00 bits per heavy atom. The van der Waals surface area contributed by atoms with Crippen LogP contribution in [-0.2, 0) is 0 Å². The average Bonchev–Trinajstić information content (AvgIpc) is 3.43. The number of anilines is 1. The lowest BCUT2D eigenvalue weighted by Crippen LogP contribution is -2.46. The fraction of sp³-hybridized carbons (Fsp3) is 0.650. The second-order valence-corrected chi connectivity index (χ2v) is 7.20. The molecule has 0 spiro atoms. The van der Waals surface area contributed by atoms with Crippen molar-refractivity contribution in [2.45, 2.75) is 39.2 Å². The molecule has 2 N–H and O–H groups in total. The Balaban J connectivity index is 1.36. The van der Waals surface area contributed by atoms with E-state index in [4.69, 9.17) is 4.99 Å². The fourth-order valence-corrected chi connectivity index (χ4v) is 3.28. The number of benzene rings is 1. The number of nitrogens with zero attached hydrogens (tertiary/aromatic N) is 3. The summed E-state index contributed by atoms with van der Waals surface area (Å²) in [6.07, 6.45) is 3.71. The van der Waals surface area contributed by atoms with Gasteiger partial charge < -0.3 is 15.5 Å². The number of hydrogen-bond donors (Lipinski definition) is 2. The van der Waals surface area contributed by atoms with Crippen LogP contribution in [0.3, 0.4) is 0 Å². The zero-order valence-electron chi connectivity index (χ0n) is 15.8. The highest BCUT2D eigenvalue weighted by molar-refractivity contribution is 5.80. The third-order valence-electron chi connectivity index (χ3n) is 4.90. The molecule has 2 fully saturated rings. The highest BCUT2D eigenvalue weighted by Gasteiger charge is 2.22. The fourth-order valence-electron chi connectivity index (χ4n) is 3.28. The number of aryl methyl sites for hydroxylation is 1. The zero-order chi connectivity index (χ0) is 17.5. The highest BCUT2D eigenvalue weighted by atomic mass is 15.3. The first-order chi connectivity index (χ1) is 12.2. The number of piperazine rings is 1. The Labute approximate surface area is 152 Å². The number of guanidine groups is 1. The molecular formula is C20H33N5. The molecule has 1 saturated carbocycles. The summed E-state index contributed by atoms with van der Waals surface area (Å²) >= 11 is 0. The zero-order valence-corrected chi connectivity index (χ0v) is 15.8. The Hall–Kier alpha value is -1.75. The molecule has 0 bridgehead atoms. The van der Waals surface area contributed by atoms with Crippen molar-refractivity contribution in [3.05, 3.63) is 29.8 Å². The molecule has 1 aromatic carbocycles. The molecule has 0 atom stereocenters. The molecule has 5 heteroatoms. The van der Waals surface area contributed by atoms with E-state index in [9.17, 15) is 0 Å². The molecule has 1 aromatic rings. The maximum absolute atomic E-state index is 4.71. The van der Waals surface area contributed by atoms with Gasteiger partial charge in [0.1, 0.15) is 0 Å². The van der Waals surface area contributed by atoms with Crippen LogP contribution < -0.4 is 15.5 Å². The lowest BCUT2D eigenvalue weighted by atomic mass is 10.2. The first kappa shape index (κ1) is 18.1. The lowest BCUT2D eigenvalue weighted by Gasteiger charge is -2.36. The van der Waals surface area contributed by atoms with Gasteiger partial charge in [-0.2, -0.15) is 0 Å². The standard InChI is InChI=1S/C20H33N5/c1-3-21-20(23-18-8-9-18)22-10-5-11-24-12-14-25(15-13-24)19-7-4-6-17(2)16-19/h4,6-7,16,18H,3,5,8-15H2,1-2H3,(H2,21,22,23). The van der Waals surface area contributed by atoms with Gasteiger partial charge in [0.05, 0.1) is 0 Å². The predicted molar refractivity (Wildman–Crippen MR) is 107 cm³/mol. The summed E-state index contributed by atoms with van der Waals surface area (Å²) in [7, 11) is 0. The molecule has 25 heavy (non-hydrogen) atoms. The number of rotatable bonds is 7. The van der Waals surface area contributed by atoms with Crippen LogP contribution in [0.25, 0.3) is 0 Å². The van der Waals surface area contributed by atoms with Crippen molar-refractivity contribution in [3.8, 4) is 0 Å². The first-order valence-corrected chi connectivity index (χ1v) is 9.83. The quantitative estimate of drug-likeness (QED) is 0.453. The van der Waals surface area contributed by atoms with Crippen molar-refractivity contribution >= 4 is 11.6 Å². The van der Waals surface area contributed by atoms with Gasteiger partial charge in [-0.15, -0.1) is 0 Å². The number of hydrogen-bond acceptors (Lipinski definition) is 3. The van der Waals surface area contributed by atoms with Crippen LogP contribution in [-0.4, -0.2) is 62.7 Å². The first-order valence-electron chi connectivity index (χ1n) is 9.83. The molecule has 0 aromatic heterocycles. The second kappa shape index (κ2) is 9.09. The third kappa shape index (κ3) is 5.92. The summed E-state index contributed by atoms with van der Waals surface area (Å²) in [5.74, 6) is 0.995. The Morgan fingerprint density at radius 3 is 2.68 bits per heavy atom. The van der Waals surface area contributed by atoms with E-state index < -0.39 is 0 Å². The van der Waals surface area contributed by atoms with Gasteiger partial charge in [0.15, 0.2) is 5.96 Å². The molecule has 5 nitrogen and oxygen atoms in total. The maximum Gasteiger partial charge on any atom is 0.191 e. The molecule has 138 valence electrons. The largest absolute Gasteiger partial charge is 0.369 e. The molecule has 0 radical (unpaired) electrons. The minimum atomic E-state index is 0.660. The highest BCUT2D eigenvalue weighted by Crippen LogP contribution is 2.18. The van der Waals surface area contributed by atoms with Gasteiger partial charge in [-0.25, -0.2) is 0 Å². The summed E-state index contributed by atoms with van der Waals surface area (Å²) < 4.78 is 0. The van der Waals surface area contributed by atoms with E-state index in [0.29, 0.717) is 6.04 Å². The average molecular weight is 344 g/mol. The smallest absolute Gasteiger partial charge is 0.191 e. The summed E-state index contributed by atoms with van der Waals surface area (Å²) in [5.41, 5.74) is 2.71. The van der Waals surface area contributed by atoms with E-state index in [1.54, 1.807) is 0 Å². The summed E-state index contributed by atoms with van der Waals surface area (Å²) in [4.78, 5) is 9.78. The summed E-state index contributed by atoms with van der Waals surface area (Å²) in [6, 6.07) is 9.51. The number of aliphatic imine (C=N–C) groups is 1. The normalized spacial score (nSPS) is 19.1. The van der Waals surface area contributed by atoms with Gasteiger partial charge >= 0.3 is 0 Å². The molecule has 1 saturated heterocycles. The second-order valence-electron chi connectivity index (χ2n) is 7.20. The number of nitrogens with one attached hydrogen (secondary N) is 2. The van der Waals surface area contributed by atoms with Crippen molar-refractivity contribution in [2.75, 3.05) is 50.7 Å². The van der Waals surface area contributed by atoms with Crippen molar-refractivity contribution in [1.29, 1.82) is 0 Å². The minimum absolute atomic E-state index is 0.660. The maximum atomic E-state index is 4.71. The topological polar surface area (TPSA) is 42.9 Å². The minimum Gasteiger partial charge on any atom is -0.369 e. The molecular weight excluding hydrogens is 310 g/mol. The monoisotopic (exact) mass is 343 g/mol. The molecule has 1 aliphatic carbocycles. The molecule has 1 heterocycles. The van der Waals surface area contributed by atoms with Crippen LogP contribution >= 0.6 is 0 Å². The van der Waals surface area contributed by atoms with Crippen molar-refractivity contribution in [2.24, 2.45) is 4.99 Å². The van der Waals surface area contributed by atoms with Crippen LogP contribution in [0.1, 0.15) is 31.7 Å². The predicted octanol–water partition coefficient (Wildman–Crippen LogP) is 2.22. The van der Waals surface area contributed by atoms with Gasteiger partial charge in [-0.3, -0.25) is 9.89 Å². The molecule has 3 rings (SSSR count). The van der Waals surface area contributed by atoms with Crippen LogP contribution in [0.2, 0.25) is 0 Å². The van der Waals surface area contributed by atoms with Crippen LogP contribution in [0.5, 0.6) is 0 Å². The molecule has 0 unspecified atom stereocenters. The van der Waals surface area contributed by atoms with Gasteiger partial charge in [0, 0.05) is 57.5 Å². The van der Waals surface area contributed by atoms with Crippen molar-refractivity contribution in [1.82, 2.24) is 15.5 Å². The third-order valence-corrected chi connectivity index (χ3v) is 4.90. The Morgan fingerprint density at radius 1 is 1.20 bits per heavy atom. The van der Waals surface area contributed by atoms with Gasteiger partial charge in [0.25, 0.3) is 0 Å². The van der Waals surface area contributed by atoms with Crippen LogP contribution in [0.4, 0.5) is 5.69 Å². The van der Waals surface area contributed by atoms with Crippen molar-refractivity contribution in [3.63, 3.8) is 0 Å². The lowest BCUT2D eigenvalue weighted by molar-refractivity contribution is 0.256. The van der Waals surface area contributed by atoms with E-state index in [1.165, 1.54) is 24.1 Å². The van der Waals surface area contributed by atoms with Crippen molar-refractivity contribution < 1.29 is 0 Å². The van der Waals surface area contributed by atoms with Gasteiger partial charge in [-0.1, -0.05) is 12.1 Å². The van der Waals surface area contributed by atoms with E-state index in [2.05, 4.69) is 58.5 Å². The summed E-state index contributed by atoms with van der Waals surface area (Å²) in [6.45, 7) is 11.8.